The molecule has 3 heterocycles. The van der Waals surface area contributed by atoms with Crippen molar-refractivity contribution >= 4 is 39.8 Å². The molecule has 0 amide bonds. The van der Waals surface area contributed by atoms with Gasteiger partial charge in [0.15, 0.2) is 0 Å². The predicted molar refractivity (Wildman–Crippen MR) is 116 cm³/mol. The standard InChI is InChI=1S/C22H13ClF4N6/c1-32(15-4-2-3-12(9-15)13-5-8-18(28-11-13)22(25,26)27)19-16-10-14(24)6-7-17(16)33-20(23)30-31-21(33)29-19/h2-11H,1H3. The lowest BCUT2D eigenvalue weighted by Crippen LogP contribution is -2.13. The first-order valence-corrected chi connectivity index (χ1v) is 9.97. The van der Waals surface area contributed by atoms with E-state index in [1.54, 1.807) is 42.3 Å². The summed E-state index contributed by atoms with van der Waals surface area (Å²) in [5.41, 5.74) is 1.45. The van der Waals surface area contributed by atoms with Crippen LogP contribution in [-0.2, 0) is 6.18 Å². The Kier molecular flexibility index (Phi) is 4.89. The minimum atomic E-state index is -4.51. The zero-order valence-corrected chi connectivity index (χ0v) is 17.6. The number of anilines is 2. The Labute approximate surface area is 189 Å². The van der Waals surface area contributed by atoms with Gasteiger partial charge in [-0.15, -0.1) is 10.2 Å². The number of nitrogens with zero attached hydrogens (tertiary/aromatic N) is 6. The van der Waals surface area contributed by atoms with E-state index in [4.69, 9.17) is 11.6 Å². The van der Waals surface area contributed by atoms with E-state index in [2.05, 4.69) is 20.2 Å². The number of hydrogen-bond acceptors (Lipinski definition) is 5. The molecule has 2 aromatic carbocycles. The van der Waals surface area contributed by atoms with Crippen molar-refractivity contribution in [2.45, 2.75) is 6.18 Å². The third-order valence-corrected chi connectivity index (χ3v) is 5.44. The summed E-state index contributed by atoms with van der Waals surface area (Å²) in [5.74, 6) is 0.194. The molecular formula is C22H13ClF4N6. The fourth-order valence-electron chi connectivity index (χ4n) is 3.58. The van der Waals surface area contributed by atoms with E-state index >= 15 is 0 Å². The highest BCUT2D eigenvalue weighted by Gasteiger charge is 2.32. The second kappa shape index (κ2) is 7.66. The number of pyridine rings is 1. The van der Waals surface area contributed by atoms with Gasteiger partial charge < -0.3 is 4.90 Å². The Morgan fingerprint density at radius 2 is 1.79 bits per heavy atom. The molecule has 0 saturated carbocycles. The molecule has 0 aliphatic carbocycles. The highest BCUT2D eigenvalue weighted by atomic mass is 35.5. The number of halogens is 5. The second-order valence-corrected chi connectivity index (χ2v) is 7.58. The first-order valence-electron chi connectivity index (χ1n) is 9.60. The molecule has 0 saturated heterocycles. The first-order chi connectivity index (χ1) is 15.7. The van der Waals surface area contributed by atoms with Crippen LogP contribution in [0.4, 0.5) is 29.1 Å². The molecule has 5 aromatic rings. The van der Waals surface area contributed by atoms with E-state index in [1.165, 1.54) is 28.8 Å². The molecule has 6 nitrogen and oxygen atoms in total. The molecule has 33 heavy (non-hydrogen) atoms. The van der Waals surface area contributed by atoms with Crippen molar-refractivity contribution in [3.05, 3.63) is 77.6 Å². The molecule has 5 rings (SSSR count). The van der Waals surface area contributed by atoms with Crippen LogP contribution in [0.3, 0.4) is 0 Å². The third-order valence-electron chi connectivity index (χ3n) is 5.19. The van der Waals surface area contributed by atoms with Gasteiger partial charge in [0.25, 0.3) is 5.78 Å². The Bertz CT molecular complexity index is 1500. The van der Waals surface area contributed by atoms with Gasteiger partial charge in [0.1, 0.15) is 17.3 Å². The van der Waals surface area contributed by atoms with E-state index in [9.17, 15) is 17.6 Å². The van der Waals surface area contributed by atoms with Crippen LogP contribution >= 0.6 is 11.6 Å². The molecule has 166 valence electrons. The van der Waals surface area contributed by atoms with Gasteiger partial charge in [0.2, 0.25) is 5.28 Å². The zero-order chi connectivity index (χ0) is 23.3. The van der Waals surface area contributed by atoms with Crippen LogP contribution in [0.15, 0.2) is 60.8 Å². The van der Waals surface area contributed by atoms with Gasteiger partial charge in [-0.25, -0.2) is 8.79 Å². The molecule has 0 aliphatic rings. The number of fused-ring (bicyclic) bond motifs is 3. The van der Waals surface area contributed by atoms with E-state index in [0.29, 0.717) is 33.5 Å². The minimum Gasteiger partial charge on any atom is -0.329 e. The number of aromatic nitrogens is 5. The normalized spacial score (nSPS) is 11.9. The Morgan fingerprint density at radius 1 is 0.970 bits per heavy atom. The fourth-order valence-corrected chi connectivity index (χ4v) is 3.78. The lowest BCUT2D eigenvalue weighted by molar-refractivity contribution is -0.141. The van der Waals surface area contributed by atoms with Gasteiger partial charge in [0.05, 0.1) is 5.52 Å². The van der Waals surface area contributed by atoms with Crippen molar-refractivity contribution in [2.75, 3.05) is 11.9 Å². The third kappa shape index (κ3) is 3.72. The van der Waals surface area contributed by atoms with E-state index in [0.717, 1.165) is 6.07 Å². The average molecular weight is 473 g/mol. The molecule has 0 N–H and O–H groups in total. The zero-order valence-electron chi connectivity index (χ0n) is 16.8. The number of hydrogen-bond donors (Lipinski definition) is 0. The summed E-state index contributed by atoms with van der Waals surface area (Å²) in [4.78, 5) is 9.76. The summed E-state index contributed by atoms with van der Waals surface area (Å²) < 4.78 is 54.1. The smallest absolute Gasteiger partial charge is 0.329 e. The summed E-state index contributed by atoms with van der Waals surface area (Å²) in [6.45, 7) is 0. The molecule has 0 atom stereocenters. The van der Waals surface area contributed by atoms with Crippen LogP contribution < -0.4 is 4.90 Å². The van der Waals surface area contributed by atoms with Crippen LogP contribution in [0.25, 0.3) is 27.8 Å². The van der Waals surface area contributed by atoms with Gasteiger partial charge in [-0.2, -0.15) is 18.2 Å². The van der Waals surface area contributed by atoms with Crippen molar-refractivity contribution in [2.24, 2.45) is 0 Å². The van der Waals surface area contributed by atoms with Crippen molar-refractivity contribution in [3.8, 4) is 11.1 Å². The lowest BCUT2D eigenvalue weighted by Gasteiger charge is -2.21. The molecule has 0 radical (unpaired) electrons. The summed E-state index contributed by atoms with van der Waals surface area (Å²) in [7, 11) is 1.74. The number of rotatable bonds is 3. The molecule has 0 bridgehead atoms. The molecule has 0 unspecified atom stereocenters. The maximum absolute atomic E-state index is 14.1. The monoisotopic (exact) mass is 472 g/mol. The van der Waals surface area contributed by atoms with Gasteiger partial charge in [-0.3, -0.25) is 4.98 Å². The lowest BCUT2D eigenvalue weighted by atomic mass is 10.1. The number of alkyl halides is 3. The largest absolute Gasteiger partial charge is 0.433 e. The van der Waals surface area contributed by atoms with E-state index < -0.39 is 17.7 Å². The van der Waals surface area contributed by atoms with Gasteiger partial charge in [-0.1, -0.05) is 18.2 Å². The van der Waals surface area contributed by atoms with Crippen molar-refractivity contribution in [3.63, 3.8) is 0 Å². The number of benzene rings is 2. The highest BCUT2D eigenvalue weighted by molar-refractivity contribution is 6.29. The molecule has 3 aromatic heterocycles. The van der Waals surface area contributed by atoms with Crippen LogP contribution in [-0.4, -0.2) is 31.6 Å². The predicted octanol–water partition coefficient (Wildman–Crippen LogP) is 5.92. The highest BCUT2D eigenvalue weighted by Crippen LogP contribution is 2.34. The Morgan fingerprint density at radius 3 is 2.52 bits per heavy atom. The summed E-state index contributed by atoms with van der Waals surface area (Å²) in [6.07, 6.45) is -3.33. The average Bonchev–Trinajstić information content (AvgIpc) is 3.18. The van der Waals surface area contributed by atoms with Crippen molar-refractivity contribution in [1.29, 1.82) is 0 Å². The maximum atomic E-state index is 14.1. The topological polar surface area (TPSA) is 59.2 Å². The minimum absolute atomic E-state index is 0.0973. The second-order valence-electron chi connectivity index (χ2n) is 7.24. The fraction of sp³-hybridized carbons (Fsp3) is 0.0909. The van der Waals surface area contributed by atoms with Crippen LogP contribution in [0.5, 0.6) is 0 Å². The molecule has 11 heteroatoms. The van der Waals surface area contributed by atoms with Crippen LogP contribution in [0.2, 0.25) is 5.28 Å². The molecule has 0 spiro atoms. The van der Waals surface area contributed by atoms with Gasteiger partial charge in [-0.05, 0) is 53.6 Å². The summed E-state index contributed by atoms with van der Waals surface area (Å²) in [6, 6.07) is 13.6. The SMILES string of the molecule is CN(c1cccc(-c2ccc(C(F)(F)F)nc2)c1)c1nc2nnc(Cl)n2c2ccc(F)cc12. The Hall–Kier alpha value is -3.79. The maximum Gasteiger partial charge on any atom is 0.433 e. The van der Waals surface area contributed by atoms with Gasteiger partial charge >= 0.3 is 6.18 Å². The first kappa shape index (κ1) is 21.1. The van der Waals surface area contributed by atoms with Crippen molar-refractivity contribution in [1.82, 2.24) is 24.6 Å². The summed E-state index contributed by atoms with van der Waals surface area (Å²) in [5, 5.41) is 8.38. The van der Waals surface area contributed by atoms with Crippen molar-refractivity contribution < 1.29 is 17.6 Å². The van der Waals surface area contributed by atoms with E-state index in [-0.39, 0.29) is 11.1 Å². The summed E-state index contributed by atoms with van der Waals surface area (Å²) >= 11 is 6.13. The molecular weight excluding hydrogens is 460 g/mol. The molecule has 0 fully saturated rings. The quantitative estimate of drug-likeness (QED) is 0.305. The van der Waals surface area contributed by atoms with Crippen LogP contribution in [0, 0.1) is 5.82 Å². The van der Waals surface area contributed by atoms with E-state index in [1.807, 2.05) is 0 Å². The van der Waals surface area contributed by atoms with Crippen LogP contribution in [0.1, 0.15) is 5.69 Å². The Balaban J connectivity index is 1.60. The molecule has 0 aliphatic heterocycles. The van der Waals surface area contributed by atoms with Gasteiger partial charge in [0, 0.05) is 29.9 Å².